The Morgan fingerprint density at radius 3 is 1.14 bits per heavy atom. The fraction of sp³-hybridized carbons (Fsp3) is 1.00. The van der Waals surface area contributed by atoms with Crippen molar-refractivity contribution < 1.29 is 0 Å². The summed E-state index contributed by atoms with van der Waals surface area (Å²) in [6.45, 7) is 6.97. The molecule has 0 aromatic rings. The Kier molecular flexibility index (Phi) is 18.1. The monoisotopic (exact) mass is 296 g/mol. The zero-order valence-electron chi connectivity index (χ0n) is 15.6. The molecule has 0 fully saturated rings. The maximum atomic E-state index is 2.36. The molecule has 1 unspecified atom stereocenters. The number of hydrogen-bond acceptors (Lipinski definition) is 0. The van der Waals surface area contributed by atoms with Crippen molar-refractivity contribution in [2.45, 2.75) is 130 Å². The third-order valence-electron chi connectivity index (χ3n) is 4.88. The fourth-order valence-electron chi connectivity index (χ4n) is 3.44. The fourth-order valence-corrected chi connectivity index (χ4v) is 3.44. The molecule has 0 saturated heterocycles. The first-order valence-corrected chi connectivity index (χ1v) is 10.3. The molecule has 0 N–H and O–H groups in total. The summed E-state index contributed by atoms with van der Waals surface area (Å²) in [5.74, 6) is 1.04. The zero-order valence-corrected chi connectivity index (χ0v) is 15.6. The van der Waals surface area contributed by atoms with Crippen molar-refractivity contribution >= 4 is 0 Å². The molecular weight excluding hydrogens is 252 g/mol. The summed E-state index contributed by atoms with van der Waals surface area (Å²) >= 11 is 0. The van der Waals surface area contributed by atoms with Gasteiger partial charge in [0.25, 0.3) is 0 Å². The SMILES string of the molecule is CCCCCCCCCC(CCC)CCCCCCCC. The summed E-state index contributed by atoms with van der Waals surface area (Å²) < 4.78 is 0. The van der Waals surface area contributed by atoms with Crippen LogP contribution < -0.4 is 0 Å². The molecule has 0 rings (SSSR count). The largest absolute Gasteiger partial charge is 0.0654 e. The van der Waals surface area contributed by atoms with E-state index in [0.717, 1.165) is 5.92 Å². The number of rotatable bonds is 17. The normalized spacial score (nSPS) is 12.7. The Labute approximate surface area is 136 Å². The molecule has 0 aliphatic rings. The van der Waals surface area contributed by atoms with Gasteiger partial charge in [-0.3, -0.25) is 0 Å². The second-order valence-corrected chi connectivity index (χ2v) is 7.12. The van der Waals surface area contributed by atoms with Gasteiger partial charge in [0, 0.05) is 0 Å². The third kappa shape index (κ3) is 16.2. The maximum Gasteiger partial charge on any atom is -0.0414 e. The molecule has 0 saturated carbocycles. The van der Waals surface area contributed by atoms with E-state index in [1.807, 2.05) is 0 Å². The molecule has 0 radical (unpaired) electrons. The van der Waals surface area contributed by atoms with Crippen molar-refractivity contribution in [2.24, 2.45) is 5.92 Å². The van der Waals surface area contributed by atoms with Crippen molar-refractivity contribution in [3.63, 3.8) is 0 Å². The van der Waals surface area contributed by atoms with Gasteiger partial charge in [-0.05, 0) is 5.92 Å². The lowest BCUT2D eigenvalue weighted by atomic mass is 9.90. The van der Waals surface area contributed by atoms with Crippen LogP contribution in [0.25, 0.3) is 0 Å². The highest BCUT2D eigenvalue weighted by molar-refractivity contribution is 4.60. The molecule has 0 aliphatic carbocycles. The van der Waals surface area contributed by atoms with E-state index in [1.165, 1.54) is 109 Å². The van der Waals surface area contributed by atoms with Gasteiger partial charge in [0.2, 0.25) is 0 Å². The Morgan fingerprint density at radius 2 is 0.762 bits per heavy atom. The molecule has 0 bridgehead atoms. The van der Waals surface area contributed by atoms with E-state index in [2.05, 4.69) is 20.8 Å². The van der Waals surface area contributed by atoms with Gasteiger partial charge in [-0.15, -0.1) is 0 Å². The summed E-state index contributed by atoms with van der Waals surface area (Å²) in [5, 5.41) is 0. The van der Waals surface area contributed by atoms with Gasteiger partial charge in [-0.2, -0.15) is 0 Å². The second kappa shape index (κ2) is 18.1. The van der Waals surface area contributed by atoms with Crippen LogP contribution in [0, 0.1) is 5.92 Å². The minimum atomic E-state index is 1.04. The summed E-state index contributed by atoms with van der Waals surface area (Å²) in [6.07, 6.45) is 24.8. The van der Waals surface area contributed by atoms with E-state index >= 15 is 0 Å². The highest BCUT2D eigenvalue weighted by atomic mass is 14.1. The first-order chi connectivity index (χ1) is 10.3. The van der Waals surface area contributed by atoms with Crippen LogP contribution >= 0.6 is 0 Å². The predicted octanol–water partition coefficient (Wildman–Crippen LogP) is 8.29. The molecule has 1 atom stereocenters. The van der Waals surface area contributed by atoms with Gasteiger partial charge < -0.3 is 0 Å². The molecule has 21 heavy (non-hydrogen) atoms. The lowest BCUT2D eigenvalue weighted by Gasteiger charge is -2.16. The minimum Gasteiger partial charge on any atom is -0.0654 e. The van der Waals surface area contributed by atoms with E-state index < -0.39 is 0 Å². The Hall–Kier alpha value is 0. The van der Waals surface area contributed by atoms with E-state index in [4.69, 9.17) is 0 Å². The molecule has 0 nitrogen and oxygen atoms in total. The standard InChI is InChI=1S/C21H44/c1-4-7-9-11-13-15-17-20-21(18-6-3)19-16-14-12-10-8-5-2/h21H,4-20H2,1-3H3. The van der Waals surface area contributed by atoms with E-state index in [9.17, 15) is 0 Å². The van der Waals surface area contributed by atoms with Crippen LogP contribution in [0.5, 0.6) is 0 Å². The zero-order chi connectivity index (χ0) is 15.6. The van der Waals surface area contributed by atoms with Crippen LogP contribution in [0.15, 0.2) is 0 Å². The van der Waals surface area contributed by atoms with Crippen LogP contribution in [-0.4, -0.2) is 0 Å². The summed E-state index contributed by atoms with van der Waals surface area (Å²) in [4.78, 5) is 0. The molecule has 0 heteroatoms. The van der Waals surface area contributed by atoms with Crippen molar-refractivity contribution in [2.75, 3.05) is 0 Å². The van der Waals surface area contributed by atoms with Crippen molar-refractivity contribution in [1.29, 1.82) is 0 Å². The van der Waals surface area contributed by atoms with Gasteiger partial charge in [-0.1, -0.05) is 130 Å². The van der Waals surface area contributed by atoms with Crippen LogP contribution in [0.1, 0.15) is 130 Å². The molecule has 128 valence electrons. The second-order valence-electron chi connectivity index (χ2n) is 7.12. The summed E-state index contributed by atoms with van der Waals surface area (Å²) in [6, 6.07) is 0. The highest BCUT2D eigenvalue weighted by Gasteiger charge is 2.07. The van der Waals surface area contributed by atoms with E-state index in [1.54, 1.807) is 0 Å². The molecule has 0 spiro atoms. The van der Waals surface area contributed by atoms with E-state index in [-0.39, 0.29) is 0 Å². The van der Waals surface area contributed by atoms with Crippen molar-refractivity contribution in [3.8, 4) is 0 Å². The van der Waals surface area contributed by atoms with Crippen LogP contribution in [0.3, 0.4) is 0 Å². The third-order valence-corrected chi connectivity index (χ3v) is 4.88. The van der Waals surface area contributed by atoms with Gasteiger partial charge >= 0.3 is 0 Å². The number of hydrogen-bond donors (Lipinski definition) is 0. The van der Waals surface area contributed by atoms with Crippen molar-refractivity contribution in [1.82, 2.24) is 0 Å². The molecular formula is C21H44. The first kappa shape index (κ1) is 21.0. The summed E-state index contributed by atoms with van der Waals surface area (Å²) in [7, 11) is 0. The smallest absolute Gasteiger partial charge is 0.0414 e. The minimum absolute atomic E-state index is 1.04. The van der Waals surface area contributed by atoms with Gasteiger partial charge in [0.15, 0.2) is 0 Å². The summed E-state index contributed by atoms with van der Waals surface area (Å²) in [5.41, 5.74) is 0. The molecule has 0 amide bonds. The number of unbranched alkanes of at least 4 members (excludes halogenated alkanes) is 11. The molecule has 0 aromatic heterocycles. The maximum absolute atomic E-state index is 2.36. The topological polar surface area (TPSA) is 0 Å². The first-order valence-electron chi connectivity index (χ1n) is 10.3. The highest BCUT2D eigenvalue weighted by Crippen LogP contribution is 2.23. The lowest BCUT2D eigenvalue weighted by molar-refractivity contribution is 0.377. The van der Waals surface area contributed by atoms with Crippen molar-refractivity contribution in [3.05, 3.63) is 0 Å². The average Bonchev–Trinajstić information content (AvgIpc) is 2.49. The molecule has 0 aromatic carbocycles. The van der Waals surface area contributed by atoms with E-state index in [0.29, 0.717) is 0 Å². The lowest BCUT2D eigenvalue weighted by Crippen LogP contribution is -2.00. The van der Waals surface area contributed by atoms with Crippen LogP contribution in [0.4, 0.5) is 0 Å². The molecule has 0 aliphatic heterocycles. The van der Waals surface area contributed by atoms with Gasteiger partial charge in [0.05, 0.1) is 0 Å². The average molecular weight is 297 g/mol. The quantitative estimate of drug-likeness (QED) is 0.237. The van der Waals surface area contributed by atoms with Gasteiger partial charge in [-0.25, -0.2) is 0 Å². The Morgan fingerprint density at radius 1 is 0.381 bits per heavy atom. The predicted molar refractivity (Wildman–Crippen MR) is 99.0 cm³/mol. The van der Waals surface area contributed by atoms with Gasteiger partial charge in [0.1, 0.15) is 0 Å². The Bertz CT molecular complexity index is 173. The van der Waals surface area contributed by atoms with Crippen LogP contribution in [0.2, 0.25) is 0 Å². The molecule has 0 heterocycles. The Balaban J connectivity index is 3.44. The van der Waals surface area contributed by atoms with Crippen LogP contribution in [-0.2, 0) is 0 Å².